The standard InChI is InChI=1S/C16H17F5N4O3/c1-24(8-13-22-5-6-25(13)14(17)18)15(26)23-10-3-4-11(27-2)12(7-10)28-9-16(19,20)21/h3-7,14H,8-9H2,1-2H3,(H,23,26). The van der Waals surface area contributed by atoms with E-state index in [1.807, 2.05) is 0 Å². The monoisotopic (exact) mass is 408 g/mol. The van der Waals surface area contributed by atoms with Crippen molar-refractivity contribution in [2.45, 2.75) is 19.3 Å². The van der Waals surface area contributed by atoms with Crippen molar-refractivity contribution in [3.05, 3.63) is 36.4 Å². The normalized spacial score (nSPS) is 11.4. The molecule has 154 valence electrons. The topological polar surface area (TPSA) is 68.6 Å². The fourth-order valence-electron chi connectivity index (χ4n) is 2.17. The minimum Gasteiger partial charge on any atom is -0.493 e. The Labute approximate surface area is 156 Å². The zero-order valence-electron chi connectivity index (χ0n) is 14.8. The van der Waals surface area contributed by atoms with Gasteiger partial charge >= 0.3 is 18.8 Å². The van der Waals surface area contributed by atoms with Crippen LogP contribution < -0.4 is 14.8 Å². The maximum Gasteiger partial charge on any atom is 0.422 e. The van der Waals surface area contributed by atoms with E-state index in [0.717, 1.165) is 17.2 Å². The molecule has 0 bridgehead atoms. The number of alkyl halides is 5. The van der Waals surface area contributed by atoms with Crippen LogP contribution in [-0.2, 0) is 6.54 Å². The highest BCUT2D eigenvalue weighted by Crippen LogP contribution is 2.31. The molecular weight excluding hydrogens is 391 g/mol. The maximum absolute atomic E-state index is 12.8. The smallest absolute Gasteiger partial charge is 0.422 e. The number of rotatable bonds is 7. The van der Waals surface area contributed by atoms with Crippen LogP contribution in [-0.4, -0.2) is 47.4 Å². The summed E-state index contributed by atoms with van der Waals surface area (Å²) in [6.45, 7) is -4.54. The molecule has 1 N–H and O–H groups in total. The van der Waals surface area contributed by atoms with Gasteiger partial charge in [-0.05, 0) is 12.1 Å². The van der Waals surface area contributed by atoms with Gasteiger partial charge in [0.05, 0.1) is 13.7 Å². The Bertz CT molecular complexity index is 810. The van der Waals surface area contributed by atoms with Crippen LogP contribution in [0.25, 0.3) is 0 Å². The van der Waals surface area contributed by atoms with Gasteiger partial charge < -0.3 is 19.7 Å². The summed E-state index contributed by atoms with van der Waals surface area (Å²) >= 11 is 0. The summed E-state index contributed by atoms with van der Waals surface area (Å²) in [6, 6.07) is 3.20. The number of halogens is 5. The molecule has 0 aliphatic carbocycles. The number of methoxy groups -OCH3 is 1. The molecule has 2 aromatic rings. The minimum atomic E-state index is -4.54. The number of hydrogen-bond acceptors (Lipinski definition) is 4. The highest BCUT2D eigenvalue weighted by molar-refractivity contribution is 5.89. The second kappa shape index (κ2) is 8.76. The SMILES string of the molecule is COc1ccc(NC(=O)N(C)Cc2nccn2C(F)F)cc1OCC(F)(F)F. The van der Waals surface area contributed by atoms with Crippen molar-refractivity contribution in [3.8, 4) is 11.5 Å². The van der Waals surface area contributed by atoms with Gasteiger partial charge in [-0.1, -0.05) is 0 Å². The predicted molar refractivity (Wildman–Crippen MR) is 88.5 cm³/mol. The molecule has 0 aliphatic rings. The third kappa shape index (κ3) is 5.72. The van der Waals surface area contributed by atoms with E-state index in [9.17, 15) is 26.7 Å². The van der Waals surface area contributed by atoms with Crippen molar-refractivity contribution in [2.24, 2.45) is 0 Å². The minimum absolute atomic E-state index is 0.0309. The van der Waals surface area contributed by atoms with Crippen LogP contribution in [0.15, 0.2) is 30.6 Å². The lowest BCUT2D eigenvalue weighted by Gasteiger charge is -2.19. The molecule has 0 saturated carbocycles. The first-order valence-electron chi connectivity index (χ1n) is 7.80. The zero-order valence-corrected chi connectivity index (χ0v) is 14.8. The lowest BCUT2D eigenvalue weighted by atomic mass is 10.2. The van der Waals surface area contributed by atoms with Crippen molar-refractivity contribution >= 4 is 11.7 Å². The molecule has 1 aromatic heterocycles. The van der Waals surface area contributed by atoms with E-state index in [1.165, 1.54) is 32.5 Å². The summed E-state index contributed by atoms with van der Waals surface area (Å²) in [5.74, 6) is -0.195. The molecule has 1 aromatic carbocycles. The first kappa shape index (κ1) is 21.3. The van der Waals surface area contributed by atoms with Crippen LogP contribution >= 0.6 is 0 Å². The molecule has 2 amide bonds. The molecule has 0 radical (unpaired) electrons. The second-order valence-electron chi connectivity index (χ2n) is 5.58. The van der Waals surface area contributed by atoms with Crippen LogP contribution in [0.4, 0.5) is 32.4 Å². The van der Waals surface area contributed by atoms with E-state index in [2.05, 4.69) is 10.3 Å². The van der Waals surface area contributed by atoms with E-state index >= 15 is 0 Å². The summed E-state index contributed by atoms with van der Waals surface area (Å²) in [4.78, 5) is 17.1. The largest absolute Gasteiger partial charge is 0.493 e. The number of amides is 2. The number of nitrogens with zero attached hydrogens (tertiary/aromatic N) is 3. The third-order valence-electron chi connectivity index (χ3n) is 3.49. The molecule has 0 fully saturated rings. The summed E-state index contributed by atoms with van der Waals surface area (Å²) < 4.78 is 73.0. The van der Waals surface area contributed by atoms with Crippen LogP contribution in [0.5, 0.6) is 11.5 Å². The van der Waals surface area contributed by atoms with E-state index in [-0.39, 0.29) is 29.6 Å². The van der Waals surface area contributed by atoms with Crippen LogP contribution in [0, 0.1) is 0 Å². The first-order valence-corrected chi connectivity index (χ1v) is 7.80. The molecule has 12 heteroatoms. The Morgan fingerprint density at radius 3 is 2.64 bits per heavy atom. The molecule has 28 heavy (non-hydrogen) atoms. The highest BCUT2D eigenvalue weighted by Gasteiger charge is 2.29. The van der Waals surface area contributed by atoms with Crippen molar-refractivity contribution in [1.29, 1.82) is 0 Å². The number of ether oxygens (including phenoxy) is 2. The molecule has 0 spiro atoms. The average Bonchev–Trinajstić information content (AvgIpc) is 3.07. The van der Waals surface area contributed by atoms with Gasteiger partial charge in [0.1, 0.15) is 5.82 Å². The third-order valence-corrected chi connectivity index (χ3v) is 3.49. The molecular formula is C16H17F5N4O3. The van der Waals surface area contributed by atoms with E-state index in [1.54, 1.807) is 0 Å². The number of aromatic nitrogens is 2. The van der Waals surface area contributed by atoms with Gasteiger partial charge in [-0.25, -0.2) is 9.78 Å². The molecule has 7 nitrogen and oxygen atoms in total. The number of benzene rings is 1. The van der Waals surface area contributed by atoms with Crippen molar-refractivity contribution in [1.82, 2.24) is 14.5 Å². The number of nitrogens with one attached hydrogen (secondary N) is 1. The summed E-state index contributed by atoms with van der Waals surface area (Å²) in [6.07, 6.45) is -2.28. The Morgan fingerprint density at radius 1 is 1.32 bits per heavy atom. The number of urea groups is 1. The Balaban J connectivity index is 2.07. The van der Waals surface area contributed by atoms with E-state index in [0.29, 0.717) is 4.57 Å². The van der Waals surface area contributed by atoms with Crippen molar-refractivity contribution in [3.63, 3.8) is 0 Å². The molecule has 1 heterocycles. The lowest BCUT2D eigenvalue weighted by molar-refractivity contribution is -0.153. The quantitative estimate of drug-likeness (QED) is 0.706. The van der Waals surface area contributed by atoms with Gasteiger partial charge in [0.25, 0.3) is 0 Å². The fourth-order valence-corrected chi connectivity index (χ4v) is 2.17. The maximum atomic E-state index is 12.8. The predicted octanol–water partition coefficient (Wildman–Crippen LogP) is 3.89. The number of carbonyl (C=O) groups excluding carboxylic acids is 1. The van der Waals surface area contributed by atoms with Gasteiger partial charge in [-0.3, -0.25) is 4.57 Å². The summed E-state index contributed by atoms with van der Waals surface area (Å²) in [5, 5.41) is 2.44. The van der Waals surface area contributed by atoms with Gasteiger partial charge in [0.2, 0.25) is 0 Å². The molecule has 0 unspecified atom stereocenters. The first-order chi connectivity index (χ1) is 13.1. The number of imidazole rings is 1. The highest BCUT2D eigenvalue weighted by atomic mass is 19.4. The number of carbonyl (C=O) groups is 1. The lowest BCUT2D eigenvalue weighted by Crippen LogP contribution is -2.32. The van der Waals surface area contributed by atoms with Gasteiger partial charge in [0.15, 0.2) is 18.1 Å². The molecule has 0 aliphatic heterocycles. The van der Waals surface area contributed by atoms with Crippen molar-refractivity contribution in [2.75, 3.05) is 26.1 Å². The van der Waals surface area contributed by atoms with Gasteiger partial charge in [-0.15, -0.1) is 0 Å². The summed E-state index contributed by atoms with van der Waals surface area (Å²) in [7, 11) is 2.61. The van der Waals surface area contributed by atoms with Gasteiger partial charge in [-0.2, -0.15) is 22.0 Å². The number of hydrogen-bond donors (Lipinski definition) is 1. The fraction of sp³-hybridized carbons (Fsp3) is 0.375. The van der Waals surface area contributed by atoms with Gasteiger partial charge in [0, 0.05) is 31.2 Å². The Kier molecular flexibility index (Phi) is 6.65. The van der Waals surface area contributed by atoms with Crippen molar-refractivity contribution < 1.29 is 36.2 Å². The Hall–Kier alpha value is -3.05. The zero-order chi connectivity index (χ0) is 20.9. The van der Waals surface area contributed by atoms with Crippen LogP contribution in [0.1, 0.15) is 12.4 Å². The molecule has 0 saturated heterocycles. The Morgan fingerprint density at radius 2 is 2.04 bits per heavy atom. The van der Waals surface area contributed by atoms with Crippen LogP contribution in [0.3, 0.4) is 0 Å². The summed E-state index contributed by atoms with van der Waals surface area (Å²) in [5.41, 5.74) is 0.132. The average molecular weight is 408 g/mol. The number of anilines is 1. The molecule has 0 atom stereocenters. The second-order valence-corrected chi connectivity index (χ2v) is 5.58. The van der Waals surface area contributed by atoms with E-state index < -0.39 is 25.4 Å². The molecule has 2 rings (SSSR count). The van der Waals surface area contributed by atoms with E-state index in [4.69, 9.17) is 9.47 Å². The van der Waals surface area contributed by atoms with Crippen LogP contribution in [0.2, 0.25) is 0 Å².